The van der Waals surface area contributed by atoms with Gasteiger partial charge in [0.1, 0.15) is 12.4 Å². The molecule has 0 heterocycles. The first-order valence-corrected chi connectivity index (χ1v) is 9.95. The van der Waals surface area contributed by atoms with Gasteiger partial charge in [0.2, 0.25) is 0 Å². The Morgan fingerprint density at radius 3 is 2.59 bits per heavy atom. The lowest BCUT2D eigenvalue weighted by Crippen LogP contribution is -2.16. The van der Waals surface area contributed by atoms with Crippen LogP contribution in [0.1, 0.15) is 21.5 Å². The summed E-state index contributed by atoms with van der Waals surface area (Å²) in [6.45, 7) is 0.295. The van der Waals surface area contributed by atoms with E-state index in [0.717, 1.165) is 10.0 Å². The number of hydrogen-bond acceptors (Lipinski definition) is 4. The SMILES string of the molecule is N/C(=N\OC(=O)c1cccc(COc2cccc(Br)c2)c1)c1ccc(Cl)cc1Cl. The number of rotatable bonds is 6. The van der Waals surface area contributed by atoms with Crippen LogP contribution in [0, 0.1) is 0 Å². The summed E-state index contributed by atoms with van der Waals surface area (Å²) >= 11 is 15.3. The number of halogens is 3. The molecule has 0 bridgehead atoms. The topological polar surface area (TPSA) is 73.9 Å². The van der Waals surface area contributed by atoms with E-state index < -0.39 is 5.97 Å². The fourth-order valence-electron chi connectivity index (χ4n) is 2.40. The van der Waals surface area contributed by atoms with Gasteiger partial charge in [0.15, 0.2) is 5.84 Å². The number of oxime groups is 1. The van der Waals surface area contributed by atoms with E-state index in [1.54, 1.807) is 30.3 Å². The average molecular weight is 494 g/mol. The van der Waals surface area contributed by atoms with E-state index in [1.165, 1.54) is 6.07 Å². The van der Waals surface area contributed by atoms with Crippen molar-refractivity contribution >= 4 is 50.9 Å². The molecule has 2 N–H and O–H groups in total. The minimum atomic E-state index is -0.651. The molecular formula is C21H15BrCl2N2O3. The van der Waals surface area contributed by atoms with Crippen LogP contribution in [0.4, 0.5) is 0 Å². The first-order valence-electron chi connectivity index (χ1n) is 8.40. The van der Waals surface area contributed by atoms with Gasteiger partial charge < -0.3 is 15.3 Å². The predicted octanol–water partition coefficient (Wildman–Crippen LogP) is 5.81. The highest BCUT2D eigenvalue weighted by atomic mass is 79.9. The Bertz CT molecular complexity index is 1070. The summed E-state index contributed by atoms with van der Waals surface area (Å²) in [7, 11) is 0. The molecule has 3 aromatic rings. The van der Waals surface area contributed by atoms with Gasteiger partial charge >= 0.3 is 5.97 Å². The van der Waals surface area contributed by atoms with Gasteiger partial charge in [-0.1, -0.05) is 62.5 Å². The largest absolute Gasteiger partial charge is 0.489 e. The minimum absolute atomic E-state index is 0.0332. The molecule has 148 valence electrons. The number of carbonyl (C=O) groups is 1. The second kappa shape index (κ2) is 9.78. The Hall–Kier alpha value is -2.54. The Kier molecular flexibility index (Phi) is 7.14. The molecule has 0 amide bonds. The minimum Gasteiger partial charge on any atom is -0.489 e. The fraction of sp³-hybridized carbons (Fsp3) is 0.0476. The number of carbonyl (C=O) groups excluding carboxylic acids is 1. The van der Waals surface area contributed by atoms with Gasteiger partial charge in [-0.05, 0) is 54.1 Å². The van der Waals surface area contributed by atoms with E-state index in [4.69, 9.17) is 38.5 Å². The van der Waals surface area contributed by atoms with Crippen molar-refractivity contribution in [1.29, 1.82) is 0 Å². The maximum absolute atomic E-state index is 12.3. The second-order valence-corrected chi connectivity index (χ2v) is 7.69. The zero-order chi connectivity index (χ0) is 20.8. The monoisotopic (exact) mass is 492 g/mol. The molecule has 29 heavy (non-hydrogen) atoms. The molecule has 3 rings (SSSR count). The first-order chi connectivity index (χ1) is 13.9. The molecule has 0 saturated carbocycles. The lowest BCUT2D eigenvalue weighted by atomic mass is 10.1. The summed E-state index contributed by atoms with van der Waals surface area (Å²) < 4.78 is 6.65. The van der Waals surface area contributed by atoms with Crippen LogP contribution in [0.3, 0.4) is 0 Å². The third-order valence-corrected chi connectivity index (χ3v) is 4.84. The molecular weight excluding hydrogens is 479 g/mol. The molecule has 0 spiro atoms. The first kappa shape index (κ1) is 21.2. The molecule has 0 aromatic heterocycles. The van der Waals surface area contributed by atoms with Gasteiger partial charge in [0, 0.05) is 15.1 Å². The van der Waals surface area contributed by atoms with Crippen molar-refractivity contribution in [3.63, 3.8) is 0 Å². The molecule has 0 aliphatic heterocycles. The highest BCUT2D eigenvalue weighted by Gasteiger charge is 2.11. The number of nitrogens with two attached hydrogens (primary N) is 1. The van der Waals surface area contributed by atoms with E-state index in [9.17, 15) is 4.79 Å². The van der Waals surface area contributed by atoms with Crippen LogP contribution >= 0.6 is 39.1 Å². The second-order valence-electron chi connectivity index (χ2n) is 5.93. The zero-order valence-corrected chi connectivity index (χ0v) is 18.0. The fourth-order valence-corrected chi connectivity index (χ4v) is 3.28. The number of nitrogens with zero attached hydrogens (tertiary/aromatic N) is 1. The van der Waals surface area contributed by atoms with Crippen molar-refractivity contribution in [2.45, 2.75) is 6.61 Å². The highest BCUT2D eigenvalue weighted by Crippen LogP contribution is 2.21. The Balaban J connectivity index is 1.65. The molecule has 5 nitrogen and oxygen atoms in total. The van der Waals surface area contributed by atoms with Gasteiger partial charge in [0.05, 0.1) is 10.6 Å². The standard InChI is InChI=1S/C21H15BrCl2N2O3/c22-15-5-2-6-17(10-15)28-12-13-3-1-4-14(9-13)21(27)29-26-20(25)18-8-7-16(23)11-19(18)24/h1-11H,12H2,(H2,25,26). The molecule has 0 saturated heterocycles. The van der Waals surface area contributed by atoms with Gasteiger partial charge in [-0.25, -0.2) is 4.79 Å². The van der Waals surface area contributed by atoms with Gasteiger partial charge in [-0.2, -0.15) is 0 Å². The third kappa shape index (κ3) is 5.97. The predicted molar refractivity (Wildman–Crippen MR) is 118 cm³/mol. The van der Waals surface area contributed by atoms with Crippen LogP contribution in [-0.2, 0) is 11.4 Å². The van der Waals surface area contributed by atoms with Crippen molar-refractivity contribution in [2.24, 2.45) is 10.9 Å². The molecule has 8 heteroatoms. The Morgan fingerprint density at radius 1 is 1.03 bits per heavy atom. The van der Waals surface area contributed by atoms with E-state index in [1.807, 2.05) is 30.3 Å². The zero-order valence-electron chi connectivity index (χ0n) is 14.9. The normalized spacial score (nSPS) is 11.2. The summed E-state index contributed by atoms with van der Waals surface area (Å²) in [6, 6.07) is 19.1. The van der Waals surface area contributed by atoms with Crippen molar-refractivity contribution in [1.82, 2.24) is 0 Å². The van der Waals surface area contributed by atoms with E-state index in [-0.39, 0.29) is 5.84 Å². The smallest absolute Gasteiger partial charge is 0.365 e. The Labute approximate surface area is 186 Å². The van der Waals surface area contributed by atoms with Crippen molar-refractivity contribution in [3.05, 3.63) is 97.9 Å². The molecule has 0 fully saturated rings. The Morgan fingerprint density at radius 2 is 1.83 bits per heavy atom. The van der Waals surface area contributed by atoms with Gasteiger partial charge in [0.25, 0.3) is 0 Å². The summed E-state index contributed by atoms with van der Waals surface area (Å²) in [4.78, 5) is 17.3. The summed E-state index contributed by atoms with van der Waals surface area (Å²) in [5, 5.41) is 4.45. The van der Waals surface area contributed by atoms with Crippen LogP contribution in [0.5, 0.6) is 5.75 Å². The van der Waals surface area contributed by atoms with E-state index >= 15 is 0 Å². The maximum atomic E-state index is 12.3. The molecule has 0 aliphatic rings. The summed E-state index contributed by atoms with van der Waals surface area (Å²) in [6.07, 6.45) is 0. The summed E-state index contributed by atoms with van der Waals surface area (Å²) in [5.74, 6) is 0.0288. The van der Waals surface area contributed by atoms with Crippen LogP contribution in [0.15, 0.2) is 76.4 Å². The van der Waals surface area contributed by atoms with Crippen LogP contribution < -0.4 is 10.5 Å². The van der Waals surface area contributed by atoms with E-state index in [2.05, 4.69) is 21.1 Å². The molecule has 0 radical (unpaired) electrons. The molecule has 3 aromatic carbocycles. The molecule has 0 unspecified atom stereocenters. The lowest BCUT2D eigenvalue weighted by Gasteiger charge is -2.08. The van der Waals surface area contributed by atoms with Crippen LogP contribution in [0.2, 0.25) is 10.0 Å². The lowest BCUT2D eigenvalue weighted by molar-refractivity contribution is 0.0516. The number of hydrogen-bond donors (Lipinski definition) is 1. The van der Waals surface area contributed by atoms with E-state index in [0.29, 0.717) is 33.5 Å². The average Bonchev–Trinajstić information content (AvgIpc) is 2.70. The van der Waals surface area contributed by atoms with Crippen LogP contribution in [0.25, 0.3) is 0 Å². The van der Waals surface area contributed by atoms with Crippen molar-refractivity contribution in [3.8, 4) is 5.75 Å². The molecule has 0 atom stereocenters. The number of ether oxygens (including phenoxy) is 1. The van der Waals surface area contributed by atoms with Crippen molar-refractivity contribution < 1.29 is 14.4 Å². The number of amidine groups is 1. The highest BCUT2D eigenvalue weighted by molar-refractivity contribution is 9.10. The third-order valence-electron chi connectivity index (χ3n) is 3.80. The van der Waals surface area contributed by atoms with Gasteiger partial charge in [-0.3, -0.25) is 0 Å². The number of benzene rings is 3. The quantitative estimate of drug-likeness (QED) is 0.203. The van der Waals surface area contributed by atoms with Gasteiger partial charge in [-0.15, -0.1) is 0 Å². The maximum Gasteiger partial charge on any atom is 0.365 e. The van der Waals surface area contributed by atoms with Crippen molar-refractivity contribution in [2.75, 3.05) is 0 Å². The van der Waals surface area contributed by atoms with Crippen LogP contribution in [-0.4, -0.2) is 11.8 Å². The summed E-state index contributed by atoms with van der Waals surface area (Å²) in [5.41, 5.74) is 7.39. The molecule has 0 aliphatic carbocycles.